The van der Waals surface area contributed by atoms with Crippen molar-refractivity contribution < 1.29 is 14.6 Å². The van der Waals surface area contributed by atoms with Gasteiger partial charge in [0.15, 0.2) is 4.80 Å². The molecule has 1 aromatic heterocycles. The van der Waals surface area contributed by atoms with Gasteiger partial charge in [0, 0.05) is 15.7 Å². The van der Waals surface area contributed by atoms with E-state index in [1.807, 2.05) is 30.3 Å². The summed E-state index contributed by atoms with van der Waals surface area (Å²) in [4.78, 5) is 32.5. The summed E-state index contributed by atoms with van der Waals surface area (Å²) >= 11 is 10.7. The molecule has 4 aromatic rings. The number of nitrogens with one attached hydrogen (secondary N) is 1. The van der Waals surface area contributed by atoms with Gasteiger partial charge in [0.05, 0.1) is 34.0 Å². The Hall–Kier alpha value is -3.66. The second-order valence-electron chi connectivity index (χ2n) is 8.50. The van der Waals surface area contributed by atoms with Crippen LogP contribution in [-0.2, 0) is 4.79 Å². The first-order valence-electron chi connectivity index (χ1n) is 11.5. The van der Waals surface area contributed by atoms with Crippen LogP contribution in [0.25, 0.3) is 6.08 Å². The number of allylic oxidation sites excluding steroid dienone is 1. The number of ether oxygens (including phenoxy) is 1. The van der Waals surface area contributed by atoms with Crippen molar-refractivity contribution in [3.63, 3.8) is 0 Å². The number of phenols is 1. The molecule has 10 heteroatoms. The average molecular weight is 611 g/mol. The molecule has 0 saturated carbocycles. The molecular formula is C28H21BrClN3O4S. The molecule has 0 bridgehead atoms. The predicted octanol–water partition coefficient (Wildman–Crippen LogP) is 5.00. The number of thiazole rings is 1. The molecule has 0 fully saturated rings. The quantitative estimate of drug-likeness (QED) is 0.333. The Balaban J connectivity index is 1.71. The van der Waals surface area contributed by atoms with Crippen LogP contribution >= 0.6 is 38.9 Å². The van der Waals surface area contributed by atoms with Gasteiger partial charge in [0.2, 0.25) is 0 Å². The van der Waals surface area contributed by atoms with Gasteiger partial charge in [0.25, 0.3) is 11.5 Å². The lowest BCUT2D eigenvalue weighted by atomic mass is 9.95. The molecule has 38 heavy (non-hydrogen) atoms. The number of para-hydroxylation sites is 1. The van der Waals surface area contributed by atoms with Crippen molar-refractivity contribution in [2.45, 2.75) is 13.0 Å². The molecule has 7 nitrogen and oxygen atoms in total. The zero-order valence-corrected chi connectivity index (χ0v) is 23.4. The van der Waals surface area contributed by atoms with Crippen molar-refractivity contribution in [1.82, 2.24) is 4.57 Å². The van der Waals surface area contributed by atoms with E-state index in [2.05, 4.69) is 26.2 Å². The SMILES string of the molecule is COc1cccc(C2C(C(=O)Nc3ccccc3)=C(C)N=c3s/c(=C\c4cc(Br)cc(Cl)c4O)c(=O)n32)c1. The van der Waals surface area contributed by atoms with Crippen LogP contribution in [0.5, 0.6) is 11.5 Å². The van der Waals surface area contributed by atoms with Crippen LogP contribution in [0.1, 0.15) is 24.1 Å². The van der Waals surface area contributed by atoms with Gasteiger partial charge in [-0.3, -0.25) is 14.2 Å². The normalized spacial score (nSPS) is 15.2. The zero-order chi connectivity index (χ0) is 27.0. The van der Waals surface area contributed by atoms with Crippen LogP contribution in [0.2, 0.25) is 5.02 Å². The maximum absolute atomic E-state index is 13.8. The number of phenolic OH excluding ortho intramolecular Hbond substituents is 1. The molecule has 0 aliphatic carbocycles. The molecule has 1 amide bonds. The second kappa shape index (κ2) is 10.6. The van der Waals surface area contributed by atoms with E-state index in [9.17, 15) is 14.7 Å². The van der Waals surface area contributed by atoms with Crippen LogP contribution < -0.4 is 24.9 Å². The summed E-state index contributed by atoms with van der Waals surface area (Å²) < 4.78 is 7.92. The fourth-order valence-electron chi connectivity index (χ4n) is 4.30. The van der Waals surface area contributed by atoms with E-state index in [0.29, 0.717) is 47.6 Å². The Kier molecular flexibility index (Phi) is 7.25. The second-order valence-corrected chi connectivity index (χ2v) is 10.8. The molecule has 2 N–H and O–H groups in total. The van der Waals surface area contributed by atoms with E-state index in [1.54, 1.807) is 56.5 Å². The first kappa shape index (κ1) is 26.0. The van der Waals surface area contributed by atoms with E-state index in [4.69, 9.17) is 16.3 Å². The highest BCUT2D eigenvalue weighted by Gasteiger charge is 2.32. The molecule has 1 aliphatic rings. The molecule has 0 saturated heterocycles. The van der Waals surface area contributed by atoms with E-state index < -0.39 is 6.04 Å². The first-order chi connectivity index (χ1) is 18.3. The minimum absolute atomic E-state index is 0.135. The molecule has 1 aliphatic heterocycles. The number of carbonyl (C=O) groups is 1. The molecule has 0 spiro atoms. The van der Waals surface area contributed by atoms with Crippen LogP contribution in [0.4, 0.5) is 5.69 Å². The largest absolute Gasteiger partial charge is 0.506 e. The number of aromatic nitrogens is 1. The summed E-state index contributed by atoms with van der Waals surface area (Å²) in [6.07, 6.45) is 1.57. The highest BCUT2D eigenvalue weighted by atomic mass is 79.9. The monoisotopic (exact) mass is 609 g/mol. The average Bonchev–Trinajstić information content (AvgIpc) is 3.20. The van der Waals surface area contributed by atoms with Gasteiger partial charge < -0.3 is 15.2 Å². The van der Waals surface area contributed by atoms with Crippen molar-refractivity contribution in [1.29, 1.82) is 0 Å². The third-order valence-corrected chi connectivity index (χ3v) is 7.78. The van der Waals surface area contributed by atoms with Gasteiger partial charge in [-0.25, -0.2) is 4.99 Å². The van der Waals surface area contributed by atoms with Crippen LogP contribution in [0, 0.1) is 0 Å². The highest BCUT2D eigenvalue weighted by Crippen LogP contribution is 2.33. The maximum Gasteiger partial charge on any atom is 0.271 e. The van der Waals surface area contributed by atoms with E-state index in [-0.39, 0.29) is 22.2 Å². The number of nitrogens with zero attached hydrogens (tertiary/aromatic N) is 2. The van der Waals surface area contributed by atoms with Crippen molar-refractivity contribution >= 4 is 56.5 Å². The lowest BCUT2D eigenvalue weighted by Crippen LogP contribution is -2.40. The van der Waals surface area contributed by atoms with Gasteiger partial charge in [-0.05, 0) is 55.0 Å². The summed E-state index contributed by atoms with van der Waals surface area (Å²) in [7, 11) is 1.56. The third-order valence-electron chi connectivity index (χ3n) is 6.05. The van der Waals surface area contributed by atoms with Crippen LogP contribution in [0.3, 0.4) is 0 Å². The molecule has 1 unspecified atom stereocenters. The number of hydrogen-bond donors (Lipinski definition) is 2. The maximum atomic E-state index is 13.8. The summed E-state index contributed by atoms with van der Waals surface area (Å²) in [5.74, 6) is 0.0934. The number of methoxy groups -OCH3 is 1. The number of amides is 1. The van der Waals surface area contributed by atoms with Gasteiger partial charge in [-0.15, -0.1) is 0 Å². The molecular weight excluding hydrogens is 590 g/mol. The van der Waals surface area contributed by atoms with Crippen molar-refractivity contribution in [2.75, 3.05) is 12.4 Å². The topological polar surface area (TPSA) is 92.9 Å². The number of benzene rings is 3. The third kappa shape index (κ3) is 4.92. The molecule has 0 radical (unpaired) electrons. The Labute approximate surface area is 235 Å². The van der Waals surface area contributed by atoms with Crippen molar-refractivity contribution in [3.8, 4) is 11.5 Å². The number of aromatic hydroxyl groups is 1. The van der Waals surface area contributed by atoms with Crippen LogP contribution in [-0.4, -0.2) is 22.7 Å². The van der Waals surface area contributed by atoms with Crippen LogP contribution in [0.15, 0.2) is 92.3 Å². The zero-order valence-electron chi connectivity index (χ0n) is 20.2. The predicted molar refractivity (Wildman–Crippen MR) is 153 cm³/mol. The Bertz CT molecular complexity index is 1780. The minimum atomic E-state index is -0.757. The summed E-state index contributed by atoms with van der Waals surface area (Å²) in [5.41, 5.74) is 2.18. The summed E-state index contributed by atoms with van der Waals surface area (Å²) in [5, 5.41) is 13.6. The highest BCUT2D eigenvalue weighted by molar-refractivity contribution is 9.10. The number of anilines is 1. The fourth-order valence-corrected chi connectivity index (χ4v) is 6.17. The van der Waals surface area contributed by atoms with Gasteiger partial charge in [-0.2, -0.15) is 0 Å². The number of halogens is 2. The molecule has 3 aromatic carbocycles. The number of rotatable bonds is 5. The van der Waals surface area contributed by atoms with Gasteiger partial charge in [0.1, 0.15) is 11.5 Å². The Morgan fingerprint density at radius 2 is 1.95 bits per heavy atom. The van der Waals surface area contributed by atoms with Gasteiger partial charge >= 0.3 is 0 Å². The number of fused-ring (bicyclic) bond motifs is 1. The van der Waals surface area contributed by atoms with E-state index in [1.165, 1.54) is 15.9 Å². The molecule has 2 heterocycles. The molecule has 1 atom stereocenters. The fraction of sp³-hybridized carbons (Fsp3) is 0.107. The number of carbonyl (C=O) groups excluding carboxylic acids is 1. The summed E-state index contributed by atoms with van der Waals surface area (Å²) in [6, 6.07) is 18.8. The van der Waals surface area contributed by atoms with Crippen molar-refractivity contribution in [3.05, 3.63) is 118 Å². The standard InChI is InChI=1S/C28H21BrClN3O4S/c1-15-23(26(35)32-19-8-4-3-5-9-19)24(16-7-6-10-20(12-16)37-2)33-27(36)22(38-28(33)31-15)13-17-11-18(29)14-21(30)25(17)34/h3-14,24,34H,1-2H3,(H,32,35)/b22-13-. The number of hydrogen-bond acceptors (Lipinski definition) is 6. The first-order valence-corrected chi connectivity index (χ1v) is 13.5. The van der Waals surface area contributed by atoms with Gasteiger partial charge in [-0.1, -0.05) is 69.2 Å². The Morgan fingerprint density at radius 3 is 2.68 bits per heavy atom. The molecule has 5 rings (SSSR count). The van der Waals surface area contributed by atoms with Crippen molar-refractivity contribution in [2.24, 2.45) is 4.99 Å². The van der Waals surface area contributed by atoms with E-state index >= 15 is 0 Å². The lowest BCUT2D eigenvalue weighted by Gasteiger charge is -2.25. The van der Waals surface area contributed by atoms with E-state index in [0.717, 1.165) is 0 Å². The summed E-state index contributed by atoms with van der Waals surface area (Å²) in [6.45, 7) is 1.75. The Morgan fingerprint density at radius 1 is 1.18 bits per heavy atom. The molecule has 192 valence electrons. The lowest BCUT2D eigenvalue weighted by molar-refractivity contribution is -0.113. The smallest absolute Gasteiger partial charge is 0.271 e. The minimum Gasteiger partial charge on any atom is -0.506 e.